The minimum absolute atomic E-state index is 0.0415. The molecule has 0 spiro atoms. The summed E-state index contributed by atoms with van der Waals surface area (Å²) in [5.74, 6) is 0. The van der Waals surface area contributed by atoms with E-state index < -0.39 is 6.43 Å². The molecule has 4 heteroatoms. The molecule has 0 bridgehead atoms. The molecule has 0 aliphatic rings. The van der Waals surface area contributed by atoms with Crippen molar-refractivity contribution in [2.45, 2.75) is 6.43 Å². The van der Waals surface area contributed by atoms with Gasteiger partial charge in [-0.2, -0.15) is 0 Å². The molecular formula is C14H9F2NS. The Kier molecular flexibility index (Phi) is 2.80. The summed E-state index contributed by atoms with van der Waals surface area (Å²) >= 11 is 1.57. The van der Waals surface area contributed by atoms with E-state index in [9.17, 15) is 8.78 Å². The molecule has 0 saturated carbocycles. The Hall–Kier alpha value is -1.81. The number of para-hydroxylation sites is 1. The molecule has 3 aromatic rings. The van der Waals surface area contributed by atoms with Gasteiger partial charge in [-0.3, -0.25) is 0 Å². The van der Waals surface area contributed by atoms with Gasteiger partial charge in [-0.05, 0) is 12.1 Å². The lowest BCUT2D eigenvalue weighted by atomic mass is 10.1. The Morgan fingerprint density at radius 3 is 2.33 bits per heavy atom. The smallest absolute Gasteiger partial charge is 0.236 e. The molecule has 1 aromatic heterocycles. The average molecular weight is 261 g/mol. The van der Waals surface area contributed by atoms with Gasteiger partial charge in [-0.15, -0.1) is 11.3 Å². The van der Waals surface area contributed by atoms with Crippen LogP contribution in [0.25, 0.3) is 20.8 Å². The summed E-state index contributed by atoms with van der Waals surface area (Å²) < 4.78 is 26.0. The van der Waals surface area contributed by atoms with Gasteiger partial charge in [0.2, 0.25) is 0 Å². The third-order valence-electron chi connectivity index (χ3n) is 2.70. The first kappa shape index (κ1) is 11.3. The standard InChI is InChI=1S/C14H9F2NS/c15-13(16)9-5-7-10(8-6-9)14-17-11-3-1-2-4-12(11)18-14/h1-8,13H. The van der Waals surface area contributed by atoms with Crippen molar-refractivity contribution in [1.29, 1.82) is 0 Å². The summed E-state index contributed by atoms with van der Waals surface area (Å²) in [6, 6.07) is 14.1. The maximum atomic E-state index is 12.5. The van der Waals surface area contributed by atoms with Gasteiger partial charge in [0.05, 0.1) is 10.2 Å². The Morgan fingerprint density at radius 2 is 1.67 bits per heavy atom. The lowest BCUT2D eigenvalue weighted by molar-refractivity contribution is 0.151. The molecule has 0 fully saturated rings. The SMILES string of the molecule is FC(F)c1ccc(-c2nc3ccccc3s2)cc1. The first-order chi connectivity index (χ1) is 8.74. The fraction of sp³-hybridized carbons (Fsp3) is 0.0714. The van der Waals surface area contributed by atoms with Gasteiger partial charge in [0.1, 0.15) is 5.01 Å². The summed E-state index contributed by atoms with van der Waals surface area (Å²) in [4.78, 5) is 4.49. The summed E-state index contributed by atoms with van der Waals surface area (Å²) in [5, 5.41) is 0.858. The highest BCUT2D eigenvalue weighted by atomic mass is 32.1. The van der Waals surface area contributed by atoms with E-state index in [2.05, 4.69) is 4.98 Å². The zero-order valence-corrected chi connectivity index (χ0v) is 10.1. The molecule has 18 heavy (non-hydrogen) atoms. The second-order valence-electron chi connectivity index (χ2n) is 3.91. The van der Waals surface area contributed by atoms with Crippen molar-refractivity contribution < 1.29 is 8.78 Å². The number of aromatic nitrogens is 1. The van der Waals surface area contributed by atoms with Crippen molar-refractivity contribution in [3.05, 3.63) is 54.1 Å². The molecule has 0 unspecified atom stereocenters. The minimum atomic E-state index is -2.42. The Morgan fingerprint density at radius 1 is 0.944 bits per heavy atom. The fourth-order valence-corrected chi connectivity index (χ4v) is 2.74. The second-order valence-corrected chi connectivity index (χ2v) is 4.94. The van der Waals surface area contributed by atoms with Gasteiger partial charge in [-0.1, -0.05) is 36.4 Å². The number of hydrogen-bond donors (Lipinski definition) is 0. The predicted molar refractivity (Wildman–Crippen MR) is 70.0 cm³/mol. The quantitative estimate of drug-likeness (QED) is 0.639. The molecule has 0 amide bonds. The normalized spacial score (nSPS) is 11.3. The number of nitrogens with zero attached hydrogens (tertiary/aromatic N) is 1. The second kappa shape index (κ2) is 4.46. The van der Waals surface area contributed by atoms with Gasteiger partial charge < -0.3 is 0 Å². The monoisotopic (exact) mass is 261 g/mol. The Bertz CT molecular complexity index is 641. The van der Waals surface area contributed by atoms with Crippen LogP contribution in [0.4, 0.5) is 8.78 Å². The lowest BCUT2D eigenvalue weighted by Crippen LogP contribution is -1.83. The third kappa shape index (κ3) is 1.99. The molecule has 1 heterocycles. The summed E-state index contributed by atoms with van der Waals surface area (Å²) in [6.45, 7) is 0. The number of halogens is 2. The van der Waals surface area contributed by atoms with Gasteiger partial charge in [0.15, 0.2) is 0 Å². The van der Waals surface area contributed by atoms with Gasteiger partial charge in [0.25, 0.3) is 6.43 Å². The van der Waals surface area contributed by atoms with E-state index in [1.165, 1.54) is 12.1 Å². The van der Waals surface area contributed by atoms with Crippen molar-refractivity contribution >= 4 is 21.6 Å². The minimum Gasteiger partial charge on any atom is -0.236 e. The zero-order valence-electron chi connectivity index (χ0n) is 9.31. The average Bonchev–Trinajstić information content (AvgIpc) is 2.82. The lowest BCUT2D eigenvalue weighted by Gasteiger charge is -2.00. The van der Waals surface area contributed by atoms with Gasteiger partial charge >= 0.3 is 0 Å². The molecule has 0 aliphatic heterocycles. The van der Waals surface area contributed by atoms with E-state index in [4.69, 9.17) is 0 Å². The van der Waals surface area contributed by atoms with Crippen LogP contribution < -0.4 is 0 Å². The van der Waals surface area contributed by atoms with Crippen molar-refractivity contribution in [3.8, 4) is 10.6 Å². The van der Waals surface area contributed by atoms with Crippen LogP contribution in [0.15, 0.2) is 48.5 Å². The highest BCUT2D eigenvalue weighted by Crippen LogP contribution is 2.31. The maximum Gasteiger partial charge on any atom is 0.263 e. The van der Waals surface area contributed by atoms with Crippen LogP contribution in [0.2, 0.25) is 0 Å². The highest BCUT2D eigenvalue weighted by Gasteiger charge is 2.09. The van der Waals surface area contributed by atoms with Crippen LogP contribution in [-0.2, 0) is 0 Å². The molecule has 0 saturated heterocycles. The van der Waals surface area contributed by atoms with Crippen LogP contribution >= 0.6 is 11.3 Å². The van der Waals surface area contributed by atoms with Crippen LogP contribution in [0, 0.1) is 0 Å². The van der Waals surface area contributed by atoms with Crippen molar-refractivity contribution in [2.24, 2.45) is 0 Å². The van der Waals surface area contributed by atoms with E-state index in [1.807, 2.05) is 24.3 Å². The van der Waals surface area contributed by atoms with E-state index in [1.54, 1.807) is 23.5 Å². The molecule has 3 rings (SSSR count). The van der Waals surface area contributed by atoms with Crippen molar-refractivity contribution in [1.82, 2.24) is 4.98 Å². The number of hydrogen-bond acceptors (Lipinski definition) is 2. The summed E-state index contributed by atoms with van der Waals surface area (Å²) in [6.07, 6.45) is -2.42. The first-order valence-corrected chi connectivity index (χ1v) is 6.30. The number of benzene rings is 2. The molecule has 1 nitrogen and oxygen atoms in total. The molecule has 0 aliphatic carbocycles. The molecule has 0 radical (unpaired) electrons. The number of alkyl halides is 2. The Balaban J connectivity index is 2.03. The fourth-order valence-electron chi connectivity index (χ4n) is 1.77. The van der Waals surface area contributed by atoms with E-state index in [0.29, 0.717) is 0 Å². The zero-order chi connectivity index (χ0) is 12.5. The molecule has 0 N–H and O–H groups in total. The van der Waals surface area contributed by atoms with Crippen LogP contribution in [0.5, 0.6) is 0 Å². The molecule has 0 atom stereocenters. The number of thiazole rings is 1. The van der Waals surface area contributed by atoms with E-state index in [-0.39, 0.29) is 5.56 Å². The van der Waals surface area contributed by atoms with Crippen molar-refractivity contribution in [2.75, 3.05) is 0 Å². The molecular weight excluding hydrogens is 252 g/mol. The van der Waals surface area contributed by atoms with E-state index in [0.717, 1.165) is 20.8 Å². The van der Waals surface area contributed by atoms with Crippen LogP contribution in [0.3, 0.4) is 0 Å². The van der Waals surface area contributed by atoms with Crippen molar-refractivity contribution in [3.63, 3.8) is 0 Å². The Labute approximate surface area is 107 Å². The number of fused-ring (bicyclic) bond motifs is 1. The van der Waals surface area contributed by atoms with Gasteiger partial charge in [-0.25, -0.2) is 13.8 Å². The first-order valence-electron chi connectivity index (χ1n) is 5.48. The van der Waals surface area contributed by atoms with Crippen LogP contribution in [0.1, 0.15) is 12.0 Å². The van der Waals surface area contributed by atoms with E-state index >= 15 is 0 Å². The largest absolute Gasteiger partial charge is 0.263 e. The molecule has 2 aromatic carbocycles. The van der Waals surface area contributed by atoms with Crippen LogP contribution in [-0.4, -0.2) is 4.98 Å². The predicted octanol–water partition coefficient (Wildman–Crippen LogP) is 4.90. The summed E-state index contributed by atoms with van der Waals surface area (Å²) in [5.41, 5.74) is 1.86. The number of rotatable bonds is 2. The highest BCUT2D eigenvalue weighted by molar-refractivity contribution is 7.21. The summed E-state index contributed by atoms with van der Waals surface area (Å²) in [7, 11) is 0. The maximum absolute atomic E-state index is 12.5. The van der Waals surface area contributed by atoms with Gasteiger partial charge in [0, 0.05) is 11.1 Å². The third-order valence-corrected chi connectivity index (χ3v) is 3.79. The topological polar surface area (TPSA) is 12.9 Å². The molecule has 90 valence electrons.